The number of hydrogen-bond donors (Lipinski definition) is 0. The van der Waals surface area contributed by atoms with Crippen molar-refractivity contribution in [3.05, 3.63) is 112 Å². The summed E-state index contributed by atoms with van der Waals surface area (Å²) in [5, 5.41) is 0. The second-order valence-corrected chi connectivity index (χ2v) is 7.62. The highest BCUT2D eigenvalue weighted by Gasteiger charge is 2.44. The molecule has 0 amide bonds. The summed E-state index contributed by atoms with van der Waals surface area (Å²) >= 11 is 3.66. The maximum absolute atomic E-state index is 4.67. The molecule has 1 aromatic heterocycles. The van der Waals surface area contributed by atoms with Crippen LogP contribution in [0, 0.1) is 0 Å². The molecule has 1 aliphatic heterocycles. The molecule has 2 nitrogen and oxygen atoms in total. The van der Waals surface area contributed by atoms with Crippen molar-refractivity contribution < 1.29 is 0 Å². The van der Waals surface area contributed by atoms with Crippen LogP contribution in [-0.2, 0) is 12.0 Å². The van der Waals surface area contributed by atoms with Gasteiger partial charge < -0.3 is 4.57 Å². The summed E-state index contributed by atoms with van der Waals surface area (Å²) in [6, 6.07) is 28.0. The summed E-state index contributed by atoms with van der Waals surface area (Å²) in [6.45, 7) is 0. The summed E-state index contributed by atoms with van der Waals surface area (Å²) in [5.74, 6) is 1.04. The summed E-state index contributed by atoms with van der Waals surface area (Å²) in [7, 11) is 0. The Labute approximate surface area is 161 Å². The van der Waals surface area contributed by atoms with Crippen molar-refractivity contribution in [2.24, 2.45) is 0 Å². The number of hydrogen-bond acceptors (Lipinski definition) is 1. The smallest absolute Gasteiger partial charge is 0.141 e. The van der Waals surface area contributed by atoms with E-state index in [-0.39, 0.29) is 5.54 Å². The SMILES string of the molecule is Brc1cccc([C@@]2(Cc3ccccc3)c3ccccc3-c3nccn32)c1. The highest BCUT2D eigenvalue weighted by Crippen LogP contribution is 2.48. The molecule has 0 unspecified atom stereocenters. The molecule has 3 heteroatoms. The van der Waals surface area contributed by atoms with Crippen LogP contribution in [0.5, 0.6) is 0 Å². The Morgan fingerprint density at radius 2 is 1.69 bits per heavy atom. The summed E-state index contributed by atoms with van der Waals surface area (Å²) in [4.78, 5) is 4.67. The lowest BCUT2D eigenvalue weighted by atomic mass is 9.78. The van der Waals surface area contributed by atoms with E-state index in [2.05, 4.69) is 111 Å². The molecule has 1 atom stereocenters. The standard InChI is InChI=1S/C23H17BrN2/c24-19-10-6-9-18(15-19)23(16-17-7-2-1-3-8-17)21-12-5-4-11-20(21)22-25-13-14-26(22)23/h1-15H,16H2/t23-/m0/s1. The van der Waals surface area contributed by atoms with Gasteiger partial charge in [-0.1, -0.05) is 82.7 Å². The maximum atomic E-state index is 4.67. The van der Waals surface area contributed by atoms with E-state index in [9.17, 15) is 0 Å². The molecule has 0 fully saturated rings. The number of benzene rings is 3. The molecule has 0 N–H and O–H groups in total. The minimum absolute atomic E-state index is 0.298. The van der Waals surface area contributed by atoms with Gasteiger partial charge in [0.15, 0.2) is 0 Å². The number of nitrogens with zero attached hydrogens (tertiary/aromatic N) is 2. The average Bonchev–Trinajstić information content (AvgIpc) is 3.25. The third-order valence-electron chi connectivity index (χ3n) is 5.27. The van der Waals surface area contributed by atoms with Crippen LogP contribution in [0.25, 0.3) is 11.4 Å². The van der Waals surface area contributed by atoms with Gasteiger partial charge in [0.05, 0.1) is 0 Å². The van der Waals surface area contributed by atoms with Crippen LogP contribution in [0.15, 0.2) is 95.7 Å². The molecule has 5 rings (SSSR count). The third kappa shape index (κ3) is 2.20. The summed E-state index contributed by atoms with van der Waals surface area (Å²) < 4.78 is 3.43. The van der Waals surface area contributed by atoms with Crippen molar-refractivity contribution in [2.75, 3.05) is 0 Å². The van der Waals surface area contributed by atoms with Gasteiger partial charge in [0.25, 0.3) is 0 Å². The van der Waals surface area contributed by atoms with Gasteiger partial charge >= 0.3 is 0 Å². The van der Waals surface area contributed by atoms with Crippen molar-refractivity contribution in [3.8, 4) is 11.4 Å². The largest absolute Gasteiger partial charge is 0.316 e. The van der Waals surface area contributed by atoms with Gasteiger partial charge in [-0.25, -0.2) is 4.98 Å². The lowest BCUT2D eigenvalue weighted by Gasteiger charge is -2.34. The van der Waals surface area contributed by atoms with E-state index in [0.29, 0.717) is 0 Å². The Morgan fingerprint density at radius 3 is 2.54 bits per heavy atom. The molecule has 0 bridgehead atoms. The van der Waals surface area contributed by atoms with Crippen LogP contribution in [0.4, 0.5) is 0 Å². The minimum atomic E-state index is -0.298. The Bertz CT molecular complexity index is 1080. The van der Waals surface area contributed by atoms with Gasteiger partial charge in [0.1, 0.15) is 11.4 Å². The average molecular weight is 401 g/mol. The zero-order chi connectivity index (χ0) is 17.6. The fourth-order valence-corrected chi connectivity index (χ4v) is 4.59. The Kier molecular flexibility index (Phi) is 3.57. The first-order valence-electron chi connectivity index (χ1n) is 8.73. The van der Waals surface area contributed by atoms with E-state index in [1.54, 1.807) is 0 Å². The lowest BCUT2D eigenvalue weighted by Crippen LogP contribution is -2.35. The molecule has 126 valence electrons. The first-order valence-corrected chi connectivity index (χ1v) is 9.52. The van der Waals surface area contributed by atoms with Crippen LogP contribution in [0.1, 0.15) is 16.7 Å². The molecule has 0 saturated carbocycles. The number of rotatable bonds is 3. The van der Waals surface area contributed by atoms with E-state index in [1.165, 1.54) is 22.3 Å². The van der Waals surface area contributed by atoms with E-state index in [1.807, 2.05) is 6.20 Å². The molecule has 0 radical (unpaired) electrons. The van der Waals surface area contributed by atoms with Crippen LogP contribution < -0.4 is 0 Å². The molecule has 4 aromatic rings. The van der Waals surface area contributed by atoms with E-state index in [0.717, 1.165) is 16.7 Å². The highest BCUT2D eigenvalue weighted by atomic mass is 79.9. The molecular formula is C23H17BrN2. The van der Waals surface area contributed by atoms with Crippen molar-refractivity contribution in [1.29, 1.82) is 0 Å². The monoisotopic (exact) mass is 400 g/mol. The van der Waals surface area contributed by atoms with Crippen LogP contribution >= 0.6 is 15.9 Å². The zero-order valence-electron chi connectivity index (χ0n) is 14.1. The number of halogens is 1. The van der Waals surface area contributed by atoms with Gasteiger partial charge in [0.2, 0.25) is 0 Å². The fraction of sp³-hybridized carbons (Fsp3) is 0.0870. The van der Waals surface area contributed by atoms with Crippen LogP contribution in [0.3, 0.4) is 0 Å². The fourth-order valence-electron chi connectivity index (χ4n) is 4.19. The van der Waals surface area contributed by atoms with E-state index in [4.69, 9.17) is 0 Å². The van der Waals surface area contributed by atoms with Gasteiger partial charge in [-0.2, -0.15) is 0 Å². The number of fused-ring (bicyclic) bond motifs is 3. The molecule has 1 aliphatic rings. The predicted octanol–water partition coefficient (Wildman–Crippen LogP) is 5.66. The van der Waals surface area contributed by atoms with Crippen LogP contribution in [0.2, 0.25) is 0 Å². The second-order valence-electron chi connectivity index (χ2n) is 6.70. The lowest BCUT2D eigenvalue weighted by molar-refractivity contribution is 0.450. The molecule has 0 aliphatic carbocycles. The topological polar surface area (TPSA) is 17.8 Å². The van der Waals surface area contributed by atoms with Crippen molar-refractivity contribution >= 4 is 15.9 Å². The Balaban J connectivity index is 1.84. The van der Waals surface area contributed by atoms with Crippen molar-refractivity contribution in [2.45, 2.75) is 12.0 Å². The molecule has 0 spiro atoms. The number of imidazole rings is 1. The van der Waals surface area contributed by atoms with Crippen molar-refractivity contribution in [1.82, 2.24) is 9.55 Å². The predicted molar refractivity (Wildman–Crippen MR) is 108 cm³/mol. The minimum Gasteiger partial charge on any atom is -0.316 e. The van der Waals surface area contributed by atoms with Crippen LogP contribution in [-0.4, -0.2) is 9.55 Å². The second kappa shape index (κ2) is 5.96. The Hall–Kier alpha value is -2.65. The first-order chi connectivity index (χ1) is 12.8. The quantitative estimate of drug-likeness (QED) is 0.433. The molecule has 2 heterocycles. The van der Waals surface area contributed by atoms with Gasteiger partial charge in [-0.05, 0) is 28.8 Å². The van der Waals surface area contributed by atoms with Crippen molar-refractivity contribution in [3.63, 3.8) is 0 Å². The van der Waals surface area contributed by atoms with E-state index < -0.39 is 0 Å². The molecule has 0 saturated heterocycles. The maximum Gasteiger partial charge on any atom is 0.141 e. The molecular weight excluding hydrogens is 384 g/mol. The normalized spacial score (nSPS) is 17.7. The first kappa shape index (κ1) is 15.6. The van der Waals surface area contributed by atoms with Gasteiger partial charge in [0, 0.05) is 28.9 Å². The van der Waals surface area contributed by atoms with Gasteiger partial charge in [-0.15, -0.1) is 0 Å². The highest BCUT2D eigenvalue weighted by molar-refractivity contribution is 9.10. The van der Waals surface area contributed by atoms with Gasteiger partial charge in [-0.3, -0.25) is 0 Å². The third-order valence-corrected chi connectivity index (χ3v) is 5.76. The zero-order valence-corrected chi connectivity index (χ0v) is 15.7. The van der Waals surface area contributed by atoms with E-state index >= 15 is 0 Å². The number of aromatic nitrogens is 2. The molecule has 26 heavy (non-hydrogen) atoms. The summed E-state index contributed by atoms with van der Waals surface area (Å²) in [6.07, 6.45) is 4.90. The Morgan fingerprint density at radius 1 is 0.885 bits per heavy atom. The molecule has 3 aromatic carbocycles. The summed E-state index contributed by atoms with van der Waals surface area (Å²) in [5.41, 5.74) is 4.80.